The van der Waals surface area contributed by atoms with Gasteiger partial charge in [-0.05, 0) is 72.5 Å². The van der Waals surface area contributed by atoms with Gasteiger partial charge in [0.15, 0.2) is 0 Å². The maximum atomic E-state index is 12.7. The van der Waals surface area contributed by atoms with Crippen molar-refractivity contribution < 1.29 is 23.7 Å². The highest BCUT2D eigenvalue weighted by Crippen LogP contribution is 2.44. The molecular weight excluding hydrogens is 502 g/mol. The molecule has 0 saturated carbocycles. The van der Waals surface area contributed by atoms with Crippen molar-refractivity contribution in [1.29, 1.82) is 0 Å². The first-order chi connectivity index (χ1) is 18.6. The van der Waals surface area contributed by atoms with E-state index in [1.807, 2.05) is 53.1 Å². The van der Waals surface area contributed by atoms with Crippen LogP contribution in [0.1, 0.15) is 31.4 Å². The molecule has 9 heteroatoms. The lowest BCUT2D eigenvalue weighted by atomic mass is 10.0. The molecule has 38 heavy (non-hydrogen) atoms. The third kappa shape index (κ3) is 4.54. The van der Waals surface area contributed by atoms with E-state index in [0.717, 1.165) is 68.5 Å². The number of fused-ring (bicyclic) bond motifs is 3. The Hall–Kier alpha value is -4.11. The minimum Gasteiger partial charge on any atom is -0.494 e. The Morgan fingerprint density at radius 2 is 1.95 bits per heavy atom. The normalized spacial score (nSPS) is 12.5. The maximum absolute atomic E-state index is 12.7. The van der Waals surface area contributed by atoms with Crippen molar-refractivity contribution in [2.45, 2.75) is 33.2 Å². The van der Waals surface area contributed by atoms with E-state index >= 15 is 0 Å². The van der Waals surface area contributed by atoms with Crippen molar-refractivity contribution in [3.05, 3.63) is 65.7 Å². The van der Waals surface area contributed by atoms with Gasteiger partial charge in [0.25, 0.3) is 0 Å². The van der Waals surface area contributed by atoms with Gasteiger partial charge in [0, 0.05) is 11.8 Å². The molecule has 3 heterocycles. The van der Waals surface area contributed by atoms with E-state index in [4.69, 9.17) is 18.9 Å². The SMILES string of the molecule is CCCOc1ccc2c(c1)c(-c1ccc3c(c1)CCO3)c(OC(=O)OCC)n2Cc1ccc2nsnc2c1. The Morgan fingerprint density at radius 3 is 2.82 bits per heavy atom. The molecule has 1 aliphatic heterocycles. The molecule has 0 spiro atoms. The molecule has 0 N–H and O–H groups in total. The maximum Gasteiger partial charge on any atom is 0.515 e. The van der Waals surface area contributed by atoms with Crippen LogP contribution in [0.2, 0.25) is 0 Å². The van der Waals surface area contributed by atoms with E-state index in [1.165, 1.54) is 11.7 Å². The zero-order valence-corrected chi connectivity index (χ0v) is 22.0. The summed E-state index contributed by atoms with van der Waals surface area (Å²) in [5.41, 5.74) is 6.49. The van der Waals surface area contributed by atoms with Gasteiger partial charge in [0.05, 0.1) is 49.2 Å². The fourth-order valence-electron chi connectivity index (χ4n) is 4.84. The summed E-state index contributed by atoms with van der Waals surface area (Å²) in [6.45, 7) is 5.79. The van der Waals surface area contributed by atoms with Crippen LogP contribution in [0.25, 0.3) is 33.1 Å². The van der Waals surface area contributed by atoms with Crippen LogP contribution < -0.4 is 14.2 Å². The van der Waals surface area contributed by atoms with Crippen molar-refractivity contribution in [3.63, 3.8) is 0 Å². The van der Waals surface area contributed by atoms with Gasteiger partial charge in [-0.2, -0.15) is 8.75 Å². The van der Waals surface area contributed by atoms with Crippen LogP contribution in [0.15, 0.2) is 54.6 Å². The molecule has 0 fully saturated rings. The quantitative estimate of drug-likeness (QED) is 0.209. The smallest absolute Gasteiger partial charge is 0.494 e. The number of aromatic nitrogens is 3. The molecule has 8 nitrogen and oxygen atoms in total. The molecule has 1 aliphatic rings. The second-order valence-electron chi connectivity index (χ2n) is 9.09. The van der Waals surface area contributed by atoms with Crippen molar-refractivity contribution in [2.24, 2.45) is 0 Å². The Morgan fingerprint density at radius 1 is 1.05 bits per heavy atom. The number of ether oxygens (including phenoxy) is 4. The molecule has 2 aromatic heterocycles. The Bertz CT molecular complexity index is 1640. The Labute approximate surface area is 224 Å². The van der Waals surface area contributed by atoms with Crippen LogP contribution in [-0.2, 0) is 17.7 Å². The summed E-state index contributed by atoms with van der Waals surface area (Å²) in [5.74, 6) is 2.07. The number of carbonyl (C=O) groups is 1. The highest BCUT2D eigenvalue weighted by molar-refractivity contribution is 7.00. The summed E-state index contributed by atoms with van der Waals surface area (Å²) < 4.78 is 33.6. The molecule has 6 rings (SSSR count). The highest BCUT2D eigenvalue weighted by Gasteiger charge is 2.25. The minimum absolute atomic E-state index is 0.215. The molecule has 0 amide bonds. The lowest BCUT2D eigenvalue weighted by molar-refractivity contribution is 0.101. The van der Waals surface area contributed by atoms with E-state index in [-0.39, 0.29) is 6.61 Å². The predicted octanol–water partition coefficient (Wildman–Crippen LogP) is 6.62. The van der Waals surface area contributed by atoms with Crippen molar-refractivity contribution in [3.8, 4) is 28.5 Å². The molecule has 0 bridgehead atoms. The molecule has 194 valence electrons. The molecule has 0 saturated heterocycles. The third-order valence-electron chi connectivity index (χ3n) is 6.54. The monoisotopic (exact) mass is 529 g/mol. The Kier molecular flexibility index (Phi) is 6.59. The highest BCUT2D eigenvalue weighted by atomic mass is 32.1. The van der Waals surface area contributed by atoms with Crippen molar-refractivity contribution in [1.82, 2.24) is 13.3 Å². The average molecular weight is 530 g/mol. The summed E-state index contributed by atoms with van der Waals surface area (Å²) in [6, 6.07) is 18.1. The molecule has 0 radical (unpaired) electrons. The van der Waals surface area contributed by atoms with E-state index in [0.29, 0.717) is 25.6 Å². The van der Waals surface area contributed by atoms with E-state index in [1.54, 1.807) is 6.92 Å². The van der Waals surface area contributed by atoms with Gasteiger partial charge in [-0.25, -0.2) is 4.79 Å². The second-order valence-corrected chi connectivity index (χ2v) is 9.62. The predicted molar refractivity (Wildman–Crippen MR) is 147 cm³/mol. The van der Waals surface area contributed by atoms with Crippen LogP contribution in [0.5, 0.6) is 17.4 Å². The number of carbonyl (C=O) groups excluding carboxylic acids is 1. The van der Waals surface area contributed by atoms with Gasteiger partial charge < -0.3 is 23.5 Å². The van der Waals surface area contributed by atoms with Crippen LogP contribution in [0.4, 0.5) is 4.79 Å². The molecule has 3 aromatic carbocycles. The minimum atomic E-state index is -0.746. The molecule has 0 atom stereocenters. The van der Waals surface area contributed by atoms with Gasteiger partial charge in [0.2, 0.25) is 5.88 Å². The number of rotatable bonds is 8. The van der Waals surface area contributed by atoms with Crippen molar-refractivity contribution >= 4 is 39.8 Å². The molecule has 0 aliphatic carbocycles. The van der Waals surface area contributed by atoms with E-state index in [9.17, 15) is 4.79 Å². The van der Waals surface area contributed by atoms with Crippen molar-refractivity contribution in [2.75, 3.05) is 19.8 Å². The van der Waals surface area contributed by atoms with Crippen LogP contribution in [0, 0.1) is 0 Å². The van der Waals surface area contributed by atoms with E-state index < -0.39 is 6.16 Å². The van der Waals surface area contributed by atoms with Gasteiger partial charge >= 0.3 is 6.16 Å². The van der Waals surface area contributed by atoms with Gasteiger partial charge in [-0.15, -0.1) is 0 Å². The first-order valence-electron chi connectivity index (χ1n) is 12.8. The number of hydrogen-bond donors (Lipinski definition) is 0. The zero-order valence-electron chi connectivity index (χ0n) is 21.2. The van der Waals surface area contributed by atoms with Gasteiger partial charge in [-0.1, -0.05) is 19.1 Å². The average Bonchev–Trinajstić information content (AvgIpc) is 3.65. The molecule has 5 aromatic rings. The summed E-state index contributed by atoms with van der Waals surface area (Å²) in [7, 11) is 0. The standard InChI is InChI=1S/C29H27N3O5S/c1-3-12-35-21-7-9-25-22(16-21)27(20-6-10-26-19(15-20)11-13-36-26)28(37-29(33)34-4-2)32(25)17-18-5-8-23-24(14-18)31-38-30-23/h5-10,14-16H,3-4,11-13,17H2,1-2H3. The lowest BCUT2D eigenvalue weighted by Crippen LogP contribution is -2.14. The summed E-state index contributed by atoms with van der Waals surface area (Å²) in [5, 5.41) is 0.924. The topological polar surface area (TPSA) is 84.7 Å². The first kappa shape index (κ1) is 24.2. The fraction of sp³-hybridized carbons (Fsp3) is 0.276. The largest absolute Gasteiger partial charge is 0.515 e. The van der Waals surface area contributed by atoms with Crippen LogP contribution in [-0.4, -0.2) is 39.3 Å². The van der Waals surface area contributed by atoms with Gasteiger partial charge in [-0.3, -0.25) is 0 Å². The summed E-state index contributed by atoms with van der Waals surface area (Å²) in [4.78, 5) is 12.7. The number of nitrogens with zero attached hydrogens (tertiary/aromatic N) is 3. The fourth-order valence-corrected chi connectivity index (χ4v) is 5.36. The lowest BCUT2D eigenvalue weighted by Gasteiger charge is -2.13. The zero-order chi connectivity index (χ0) is 26.1. The third-order valence-corrected chi connectivity index (χ3v) is 7.10. The molecule has 0 unspecified atom stereocenters. The Balaban J connectivity index is 1.56. The number of hydrogen-bond acceptors (Lipinski definition) is 8. The van der Waals surface area contributed by atoms with E-state index in [2.05, 4.69) is 21.7 Å². The van der Waals surface area contributed by atoms with Gasteiger partial charge in [0.1, 0.15) is 22.5 Å². The summed E-state index contributed by atoms with van der Waals surface area (Å²) >= 11 is 1.19. The molecular formula is C29H27N3O5S. The number of benzene rings is 3. The second kappa shape index (κ2) is 10.3. The summed E-state index contributed by atoms with van der Waals surface area (Å²) in [6.07, 6.45) is 0.994. The van der Waals surface area contributed by atoms with Crippen LogP contribution in [0.3, 0.4) is 0 Å². The first-order valence-corrected chi connectivity index (χ1v) is 13.5. The van der Waals surface area contributed by atoms with Crippen LogP contribution >= 0.6 is 11.7 Å².